The van der Waals surface area contributed by atoms with Gasteiger partial charge in [0.2, 0.25) is 11.8 Å². The van der Waals surface area contributed by atoms with Crippen LogP contribution < -0.4 is 15.5 Å². The number of amides is 2. The van der Waals surface area contributed by atoms with Crippen molar-refractivity contribution >= 4 is 58.0 Å². The van der Waals surface area contributed by atoms with Gasteiger partial charge in [-0.3, -0.25) is 9.59 Å². The first-order valence-corrected chi connectivity index (χ1v) is 11.5. The molecule has 2 amide bonds. The molecule has 3 aromatic rings. The fourth-order valence-corrected chi connectivity index (χ4v) is 4.81. The number of carbonyl (C=O) groups excluding carboxylic acids is 2. The molecule has 162 valence electrons. The highest BCUT2D eigenvalue weighted by Gasteiger charge is 2.40. The van der Waals surface area contributed by atoms with E-state index in [-0.39, 0.29) is 18.2 Å². The smallest absolute Gasteiger partial charge is 0.247 e. The molecule has 1 fully saturated rings. The van der Waals surface area contributed by atoms with Crippen LogP contribution in [-0.2, 0) is 9.59 Å². The van der Waals surface area contributed by atoms with E-state index in [1.54, 1.807) is 0 Å². The number of carbonyl (C=O) groups is 2. The summed E-state index contributed by atoms with van der Waals surface area (Å²) in [6.07, 6.45) is 0.183. The summed E-state index contributed by atoms with van der Waals surface area (Å²) in [5, 5.41) is 6.33. The largest absolute Gasteiger partial charge is 0.332 e. The number of thioether (sulfide) groups is 1. The van der Waals surface area contributed by atoms with Crippen LogP contribution in [-0.4, -0.2) is 22.2 Å². The van der Waals surface area contributed by atoms with Crippen molar-refractivity contribution in [3.05, 3.63) is 83.9 Å². The molecule has 0 bridgehead atoms. The van der Waals surface area contributed by atoms with E-state index in [0.29, 0.717) is 10.8 Å². The van der Waals surface area contributed by atoms with Gasteiger partial charge in [-0.25, -0.2) is 4.90 Å². The molecule has 0 aliphatic carbocycles. The predicted molar refractivity (Wildman–Crippen MR) is 135 cm³/mol. The molecule has 1 aliphatic heterocycles. The fraction of sp³-hybridized carbons (Fsp3) is 0.160. The molecule has 0 radical (unpaired) electrons. The number of imide groups is 1. The minimum absolute atomic E-state index is 0.168. The molecule has 1 atom stereocenters. The Kier molecular flexibility index (Phi) is 6.58. The average molecular weight is 462 g/mol. The molecule has 0 saturated carbocycles. The van der Waals surface area contributed by atoms with Crippen molar-refractivity contribution in [2.75, 3.05) is 15.5 Å². The molecule has 0 unspecified atom stereocenters. The maximum atomic E-state index is 13.0. The van der Waals surface area contributed by atoms with Crippen LogP contribution in [0.5, 0.6) is 0 Å². The first-order valence-electron chi connectivity index (χ1n) is 10.2. The number of hydrogen-bond acceptors (Lipinski definition) is 4. The summed E-state index contributed by atoms with van der Waals surface area (Å²) in [5.74, 6) is -0.346. The van der Waals surface area contributed by atoms with Gasteiger partial charge >= 0.3 is 0 Å². The third-order valence-corrected chi connectivity index (χ3v) is 6.64. The Hall–Kier alpha value is -3.16. The highest BCUT2D eigenvalue weighted by molar-refractivity contribution is 8.00. The summed E-state index contributed by atoms with van der Waals surface area (Å²) in [6, 6.07) is 23.0. The first-order chi connectivity index (χ1) is 15.4. The van der Waals surface area contributed by atoms with Crippen LogP contribution in [0.3, 0.4) is 0 Å². The monoisotopic (exact) mass is 461 g/mol. The molecule has 1 saturated heterocycles. The molecule has 0 aromatic heterocycles. The van der Waals surface area contributed by atoms with E-state index in [1.807, 2.05) is 86.6 Å². The predicted octanol–water partition coefficient (Wildman–Crippen LogP) is 5.54. The Morgan fingerprint density at radius 2 is 1.62 bits per heavy atom. The molecule has 1 heterocycles. The van der Waals surface area contributed by atoms with Crippen molar-refractivity contribution in [3.63, 3.8) is 0 Å². The number of nitrogens with zero attached hydrogens (tertiary/aromatic N) is 1. The minimum atomic E-state index is -0.450. The molecular weight excluding hydrogens is 438 g/mol. The van der Waals surface area contributed by atoms with Crippen LogP contribution in [0.4, 0.5) is 17.1 Å². The Labute approximate surface area is 197 Å². The van der Waals surface area contributed by atoms with Gasteiger partial charge in [0.1, 0.15) is 0 Å². The van der Waals surface area contributed by atoms with Crippen molar-refractivity contribution < 1.29 is 9.59 Å². The zero-order chi connectivity index (χ0) is 22.7. The number of rotatable bonds is 5. The van der Waals surface area contributed by atoms with E-state index < -0.39 is 5.25 Å². The lowest BCUT2D eigenvalue weighted by molar-refractivity contribution is -0.121. The zero-order valence-corrected chi connectivity index (χ0v) is 19.4. The van der Waals surface area contributed by atoms with Crippen LogP contribution in [0.2, 0.25) is 0 Å². The van der Waals surface area contributed by atoms with Gasteiger partial charge in [0.25, 0.3) is 0 Å². The van der Waals surface area contributed by atoms with E-state index in [2.05, 4.69) is 10.6 Å². The SMILES string of the molecule is Cc1ccc(N2C(=O)C[C@H](Sc3cccc(NC(=S)Nc4ccccc4)c3)C2=O)cc1C. The molecule has 32 heavy (non-hydrogen) atoms. The number of para-hydroxylation sites is 1. The summed E-state index contributed by atoms with van der Waals surface area (Å²) < 4.78 is 0. The van der Waals surface area contributed by atoms with E-state index in [4.69, 9.17) is 12.2 Å². The Morgan fingerprint density at radius 1 is 0.906 bits per heavy atom. The highest BCUT2D eigenvalue weighted by Crippen LogP contribution is 2.35. The number of aryl methyl sites for hydroxylation is 2. The van der Waals surface area contributed by atoms with Crippen molar-refractivity contribution in [1.82, 2.24) is 0 Å². The van der Waals surface area contributed by atoms with Crippen LogP contribution in [0.25, 0.3) is 0 Å². The second-order valence-electron chi connectivity index (χ2n) is 7.62. The highest BCUT2D eigenvalue weighted by atomic mass is 32.2. The Morgan fingerprint density at radius 3 is 2.38 bits per heavy atom. The number of hydrogen-bond donors (Lipinski definition) is 2. The van der Waals surface area contributed by atoms with Gasteiger partial charge in [-0.15, -0.1) is 11.8 Å². The molecular formula is C25H23N3O2S2. The van der Waals surface area contributed by atoms with Gasteiger partial charge in [-0.2, -0.15) is 0 Å². The Bertz CT molecular complexity index is 1180. The van der Waals surface area contributed by atoms with Gasteiger partial charge in [-0.1, -0.05) is 30.3 Å². The molecule has 1 aliphatic rings. The number of nitrogens with one attached hydrogen (secondary N) is 2. The minimum Gasteiger partial charge on any atom is -0.332 e. The first kappa shape index (κ1) is 22.0. The topological polar surface area (TPSA) is 61.4 Å². The Balaban J connectivity index is 1.43. The van der Waals surface area contributed by atoms with Gasteiger partial charge in [0, 0.05) is 22.7 Å². The van der Waals surface area contributed by atoms with Gasteiger partial charge < -0.3 is 10.6 Å². The third kappa shape index (κ3) is 5.00. The maximum Gasteiger partial charge on any atom is 0.247 e. The lowest BCUT2D eigenvalue weighted by atomic mass is 10.1. The molecule has 3 aromatic carbocycles. The second kappa shape index (κ2) is 9.54. The summed E-state index contributed by atoms with van der Waals surface area (Å²) in [6.45, 7) is 3.99. The zero-order valence-electron chi connectivity index (χ0n) is 17.8. The molecule has 2 N–H and O–H groups in total. The van der Waals surface area contributed by atoms with Crippen molar-refractivity contribution in [2.24, 2.45) is 0 Å². The summed E-state index contributed by atoms with van der Waals surface area (Å²) in [4.78, 5) is 27.8. The molecule has 4 rings (SSSR count). The lowest BCUT2D eigenvalue weighted by Gasteiger charge is -2.16. The summed E-state index contributed by atoms with van der Waals surface area (Å²) in [5.41, 5.74) is 4.53. The van der Waals surface area contributed by atoms with E-state index in [0.717, 1.165) is 27.4 Å². The lowest BCUT2D eigenvalue weighted by Crippen LogP contribution is -2.31. The number of thiocarbonyl (C=S) groups is 1. The standard InChI is InChI=1S/C25H23N3O2S2/c1-16-11-12-20(13-17(16)2)28-23(29)15-22(24(28)30)32-21-10-6-9-19(14-21)27-25(31)26-18-7-4-3-5-8-18/h3-14,22H,15H2,1-2H3,(H2,26,27,31)/t22-/m0/s1. The van der Waals surface area contributed by atoms with E-state index >= 15 is 0 Å². The van der Waals surface area contributed by atoms with Crippen LogP contribution >= 0.6 is 24.0 Å². The number of anilines is 3. The summed E-state index contributed by atoms with van der Waals surface area (Å²) in [7, 11) is 0. The van der Waals surface area contributed by atoms with Crippen LogP contribution in [0, 0.1) is 13.8 Å². The van der Waals surface area contributed by atoms with Crippen molar-refractivity contribution in [1.29, 1.82) is 0 Å². The van der Waals surface area contributed by atoms with Gasteiger partial charge in [-0.05, 0) is 79.7 Å². The van der Waals surface area contributed by atoms with Gasteiger partial charge in [0.15, 0.2) is 5.11 Å². The normalized spacial score (nSPS) is 15.7. The van der Waals surface area contributed by atoms with Crippen molar-refractivity contribution in [3.8, 4) is 0 Å². The number of benzene rings is 3. The maximum absolute atomic E-state index is 13.0. The quantitative estimate of drug-likeness (QED) is 0.384. The summed E-state index contributed by atoms with van der Waals surface area (Å²) >= 11 is 6.79. The van der Waals surface area contributed by atoms with Crippen molar-refractivity contribution in [2.45, 2.75) is 30.4 Å². The second-order valence-corrected chi connectivity index (χ2v) is 9.30. The third-order valence-electron chi connectivity index (χ3n) is 5.26. The van der Waals surface area contributed by atoms with E-state index in [9.17, 15) is 9.59 Å². The molecule has 5 nitrogen and oxygen atoms in total. The fourth-order valence-electron chi connectivity index (χ4n) is 3.46. The molecule has 7 heteroatoms. The average Bonchev–Trinajstić information content (AvgIpc) is 3.04. The van der Waals surface area contributed by atoms with Gasteiger partial charge in [0.05, 0.1) is 10.9 Å². The van der Waals surface area contributed by atoms with Crippen LogP contribution in [0.1, 0.15) is 17.5 Å². The van der Waals surface area contributed by atoms with Crippen LogP contribution in [0.15, 0.2) is 77.7 Å². The molecule has 0 spiro atoms. The van der Waals surface area contributed by atoms with E-state index in [1.165, 1.54) is 16.7 Å².